The van der Waals surface area contributed by atoms with E-state index in [2.05, 4.69) is 20.1 Å². The predicted octanol–water partition coefficient (Wildman–Crippen LogP) is 1.79. The van der Waals surface area contributed by atoms with Crippen LogP contribution in [0.15, 0.2) is 24.3 Å². The third kappa shape index (κ3) is 4.76. The van der Waals surface area contributed by atoms with Gasteiger partial charge >= 0.3 is 18.0 Å². The number of hydrogen-bond donors (Lipinski definition) is 2. The number of esters is 2. The van der Waals surface area contributed by atoms with Gasteiger partial charge in [-0.2, -0.15) is 0 Å². The quantitative estimate of drug-likeness (QED) is 0.809. The first-order valence-corrected chi connectivity index (χ1v) is 6.72. The summed E-state index contributed by atoms with van der Waals surface area (Å²) in [5, 5.41) is 5.13. The number of rotatable bonds is 5. The minimum atomic E-state index is -0.737. The van der Waals surface area contributed by atoms with Crippen molar-refractivity contribution in [3.63, 3.8) is 0 Å². The molecule has 0 aliphatic carbocycles. The zero-order chi connectivity index (χ0) is 16.7. The molecule has 0 aromatic heterocycles. The Hall–Kier alpha value is -2.57. The van der Waals surface area contributed by atoms with Crippen molar-refractivity contribution in [3.05, 3.63) is 29.8 Å². The van der Waals surface area contributed by atoms with Crippen LogP contribution in [-0.2, 0) is 14.3 Å². The lowest BCUT2D eigenvalue weighted by molar-refractivity contribution is -0.143. The van der Waals surface area contributed by atoms with E-state index >= 15 is 0 Å². The second-order valence-corrected chi connectivity index (χ2v) is 4.91. The zero-order valence-corrected chi connectivity index (χ0v) is 13.0. The topological polar surface area (TPSA) is 93.7 Å². The van der Waals surface area contributed by atoms with Gasteiger partial charge in [-0.05, 0) is 30.2 Å². The molecule has 7 heteroatoms. The standard InChI is InChI=1S/C15H20N2O5/c1-9(2)12(14(19)22-4)17-15(20)16-11-7-5-10(6-8-11)13(18)21-3/h5-9,12H,1-4H3,(H2,16,17,20)/t12-/m0/s1. The summed E-state index contributed by atoms with van der Waals surface area (Å²) in [6.45, 7) is 3.60. The summed E-state index contributed by atoms with van der Waals surface area (Å²) >= 11 is 0. The molecule has 0 heterocycles. The Balaban J connectivity index is 2.68. The fraction of sp³-hybridized carbons (Fsp3) is 0.400. The van der Waals surface area contributed by atoms with E-state index < -0.39 is 24.0 Å². The maximum Gasteiger partial charge on any atom is 0.337 e. The number of carbonyl (C=O) groups is 3. The Labute approximate surface area is 129 Å². The van der Waals surface area contributed by atoms with Crippen molar-refractivity contribution in [3.8, 4) is 0 Å². The summed E-state index contributed by atoms with van der Waals surface area (Å²) in [6, 6.07) is 4.92. The molecule has 120 valence electrons. The van der Waals surface area contributed by atoms with Gasteiger partial charge in [-0.3, -0.25) is 0 Å². The molecule has 2 amide bonds. The molecule has 22 heavy (non-hydrogen) atoms. The van der Waals surface area contributed by atoms with Crippen LogP contribution in [0.3, 0.4) is 0 Å². The summed E-state index contributed by atoms with van der Waals surface area (Å²) in [6.07, 6.45) is 0. The number of amides is 2. The van der Waals surface area contributed by atoms with Gasteiger partial charge in [-0.15, -0.1) is 0 Å². The molecular weight excluding hydrogens is 288 g/mol. The van der Waals surface area contributed by atoms with E-state index in [0.717, 1.165) is 0 Å². The second kappa shape index (κ2) is 8.02. The van der Waals surface area contributed by atoms with Gasteiger partial charge in [0.1, 0.15) is 6.04 Å². The predicted molar refractivity (Wildman–Crippen MR) is 80.6 cm³/mol. The van der Waals surface area contributed by atoms with Crippen molar-refractivity contribution >= 4 is 23.7 Å². The molecule has 0 bridgehead atoms. The van der Waals surface area contributed by atoms with Crippen molar-refractivity contribution in [2.75, 3.05) is 19.5 Å². The van der Waals surface area contributed by atoms with Gasteiger partial charge in [0.15, 0.2) is 0 Å². The molecule has 0 aliphatic heterocycles. The van der Waals surface area contributed by atoms with Crippen molar-refractivity contribution < 1.29 is 23.9 Å². The van der Waals surface area contributed by atoms with Gasteiger partial charge < -0.3 is 20.1 Å². The third-order valence-corrected chi connectivity index (χ3v) is 2.97. The van der Waals surface area contributed by atoms with E-state index in [9.17, 15) is 14.4 Å². The highest BCUT2D eigenvalue weighted by molar-refractivity contribution is 5.94. The van der Waals surface area contributed by atoms with Gasteiger partial charge in [0.25, 0.3) is 0 Å². The molecule has 7 nitrogen and oxygen atoms in total. The number of carbonyl (C=O) groups excluding carboxylic acids is 3. The molecule has 1 rings (SSSR count). The summed E-state index contributed by atoms with van der Waals surface area (Å²) in [5.74, 6) is -1.08. The first-order valence-electron chi connectivity index (χ1n) is 6.72. The molecule has 1 aromatic rings. The van der Waals surface area contributed by atoms with E-state index in [1.807, 2.05) is 0 Å². The van der Waals surface area contributed by atoms with Gasteiger partial charge in [0.05, 0.1) is 19.8 Å². The molecule has 0 saturated heterocycles. The SMILES string of the molecule is COC(=O)c1ccc(NC(=O)N[C@H](C(=O)OC)C(C)C)cc1. The lowest BCUT2D eigenvalue weighted by Gasteiger charge is -2.20. The molecule has 1 aromatic carbocycles. The minimum Gasteiger partial charge on any atom is -0.467 e. The van der Waals surface area contributed by atoms with E-state index in [1.165, 1.54) is 26.4 Å². The third-order valence-electron chi connectivity index (χ3n) is 2.97. The number of ether oxygens (including phenoxy) is 2. The van der Waals surface area contributed by atoms with Crippen LogP contribution in [0.2, 0.25) is 0 Å². The van der Waals surface area contributed by atoms with Crippen LogP contribution in [0.1, 0.15) is 24.2 Å². The lowest BCUT2D eigenvalue weighted by Crippen LogP contribution is -2.46. The Morgan fingerprint density at radius 1 is 1.00 bits per heavy atom. The highest BCUT2D eigenvalue weighted by Gasteiger charge is 2.24. The smallest absolute Gasteiger partial charge is 0.337 e. The van der Waals surface area contributed by atoms with Crippen LogP contribution in [0.4, 0.5) is 10.5 Å². The molecule has 0 saturated carbocycles. The number of benzene rings is 1. The van der Waals surface area contributed by atoms with Crippen molar-refractivity contribution in [1.82, 2.24) is 5.32 Å². The maximum absolute atomic E-state index is 11.9. The molecule has 0 radical (unpaired) electrons. The highest BCUT2D eigenvalue weighted by Crippen LogP contribution is 2.11. The van der Waals surface area contributed by atoms with E-state index in [4.69, 9.17) is 0 Å². The van der Waals surface area contributed by atoms with Crippen LogP contribution < -0.4 is 10.6 Å². The van der Waals surface area contributed by atoms with E-state index in [1.54, 1.807) is 26.0 Å². The molecule has 1 atom stereocenters. The van der Waals surface area contributed by atoms with Gasteiger partial charge in [0.2, 0.25) is 0 Å². The second-order valence-electron chi connectivity index (χ2n) is 4.91. The molecular formula is C15H20N2O5. The van der Waals surface area contributed by atoms with Crippen molar-refractivity contribution in [2.24, 2.45) is 5.92 Å². The summed E-state index contributed by atoms with van der Waals surface area (Å²) in [7, 11) is 2.56. The lowest BCUT2D eigenvalue weighted by atomic mass is 10.1. The summed E-state index contributed by atoms with van der Waals surface area (Å²) in [4.78, 5) is 34.8. The minimum absolute atomic E-state index is 0.111. The monoisotopic (exact) mass is 308 g/mol. The normalized spacial score (nSPS) is 11.5. The van der Waals surface area contributed by atoms with Crippen LogP contribution in [0.25, 0.3) is 0 Å². The van der Waals surface area contributed by atoms with Crippen molar-refractivity contribution in [2.45, 2.75) is 19.9 Å². The number of urea groups is 1. The first-order chi connectivity index (χ1) is 10.4. The van der Waals surface area contributed by atoms with Crippen LogP contribution in [0, 0.1) is 5.92 Å². The fourth-order valence-corrected chi connectivity index (χ4v) is 1.74. The number of nitrogens with one attached hydrogen (secondary N) is 2. The molecule has 0 aliphatic rings. The first kappa shape index (κ1) is 17.5. The molecule has 0 fully saturated rings. The molecule has 0 spiro atoms. The van der Waals surface area contributed by atoms with Crippen LogP contribution in [0.5, 0.6) is 0 Å². The Bertz CT molecular complexity index is 539. The average molecular weight is 308 g/mol. The van der Waals surface area contributed by atoms with Crippen LogP contribution in [-0.4, -0.2) is 38.2 Å². The number of anilines is 1. The summed E-state index contributed by atoms with van der Waals surface area (Å²) in [5.41, 5.74) is 0.862. The van der Waals surface area contributed by atoms with E-state index in [-0.39, 0.29) is 5.92 Å². The summed E-state index contributed by atoms with van der Waals surface area (Å²) < 4.78 is 9.23. The zero-order valence-electron chi connectivity index (χ0n) is 13.0. The van der Waals surface area contributed by atoms with Gasteiger partial charge in [0, 0.05) is 5.69 Å². The van der Waals surface area contributed by atoms with Crippen molar-refractivity contribution in [1.29, 1.82) is 0 Å². The van der Waals surface area contributed by atoms with Gasteiger partial charge in [-0.25, -0.2) is 14.4 Å². The maximum atomic E-state index is 11.9. The Kier molecular flexibility index (Phi) is 6.37. The van der Waals surface area contributed by atoms with E-state index in [0.29, 0.717) is 11.3 Å². The fourth-order valence-electron chi connectivity index (χ4n) is 1.74. The number of hydrogen-bond acceptors (Lipinski definition) is 5. The Morgan fingerprint density at radius 3 is 2.05 bits per heavy atom. The average Bonchev–Trinajstić information content (AvgIpc) is 2.51. The Morgan fingerprint density at radius 2 is 1.59 bits per heavy atom. The largest absolute Gasteiger partial charge is 0.467 e. The molecule has 0 unspecified atom stereocenters. The molecule has 2 N–H and O–H groups in total. The van der Waals surface area contributed by atoms with Gasteiger partial charge in [-0.1, -0.05) is 13.8 Å². The number of methoxy groups -OCH3 is 2. The van der Waals surface area contributed by atoms with Crippen LogP contribution >= 0.6 is 0 Å². The highest BCUT2D eigenvalue weighted by atomic mass is 16.5.